The summed E-state index contributed by atoms with van der Waals surface area (Å²) in [6.07, 6.45) is 5.08. The molecule has 1 aromatic rings. The van der Waals surface area contributed by atoms with E-state index in [0.29, 0.717) is 12.5 Å². The van der Waals surface area contributed by atoms with Crippen LogP contribution in [0.1, 0.15) is 43.7 Å². The molecule has 20 heavy (non-hydrogen) atoms. The van der Waals surface area contributed by atoms with Gasteiger partial charge in [-0.3, -0.25) is 4.79 Å². The third-order valence-corrected chi connectivity index (χ3v) is 4.63. The van der Waals surface area contributed by atoms with Gasteiger partial charge < -0.3 is 10.2 Å². The Morgan fingerprint density at radius 2 is 2.25 bits per heavy atom. The number of likely N-dealkylation sites (tertiary alicyclic amines) is 1. The number of benzene rings is 1. The van der Waals surface area contributed by atoms with Crippen molar-refractivity contribution in [3.63, 3.8) is 0 Å². The Morgan fingerprint density at radius 3 is 3.00 bits per heavy atom. The molecule has 0 radical (unpaired) electrons. The smallest absolute Gasteiger partial charge is 0.224 e. The molecule has 2 saturated heterocycles. The van der Waals surface area contributed by atoms with Crippen molar-refractivity contribution in [1.82, 2.24) is 10.2 Å². The normalized spacial score (nSPS) is 26.1. The van der Waals surface area contributed by atoms with Crippen molar-refractivity contribution in [2.75, 3.05) is 13.1 Å². The molecule has 0 spiro atoms. The van der Waals surface area contributed by atoms with Crippen molar-refractivity contribution in [2.45, 2.75) is 44.2 Å². The van der Waals surface area contributed by atoms with E-state index in [2.05, 4.69) is 11.4 Å². The van der Waals surface area contributed by atoms with Gasteiger partial charge in [-0.15, -0.1) is 0 Å². The van der Waals surface area contributed by atoms with Gasteiger partial charge in [-0.1, -0.05) is 23.7 Å². The lowest BCUT2D eigenvalue weighted by molar-refractivity contribution is -0.132. The van der Waals surface area contributed by atoms with Crippen LogP contribution in [-0.4, -0.2) is 29.9 Å². The molecule has 1 N–H and O–H groups in total. The van der Waals surface area contributed by atoms with Crippen molar-refractivity contribution in [2.24, 2.45) is 0 Å². The van der Waals surface area contributed by atoms with Crippen LogP contribution in [0.4, 0.5) is 0 Å². The molecule has 0 aliphatic carbocycles. The summed E-state index contributed by atoms with van der Waals surface area (Å²) in [6, 6.07) is 8.51. The van der Waals surface area contributed by atoms with Gasteiger partial charge in [0.2, 0.25) is 5.91 Å². The van der Waals surface area contributed by atoms with Crippen LogP contribution >= 0.6 is 11.6 Å². The summed E-state index contributed by atoms with van der Waals surface area (Å²) in [5.41, 5.74) is 1.17. The van der Waals surface area contributed by atoms with E-state index in [9.17, 15) is 4.79 Å². The molecule has 3 nitrogen and oxygen atoms in total. The topological polar surface area (TPSA) is 32.3 Å². The van der Waals surface area contributed by atoms with Gasteiger partial charge >= 0.3 is 0 Å². The summed E-state index contributed by atoms with van der Waals surface area (Å²) in [7, 11) is 0. The number of nitrogens with one attached hydrogen (secondary N) is 1. The summed E-state index contributed by atoms with van der Waals surface area (Å²) in [6.45, 7) is 1.93. The van der Waals surface area contributed by atoms with Crippen LogP contribution in [0.2, 0.25) is 5.02 Å². The largest absolute Gasteiger partial charge is 0.336 e. The van der Waals surface area contributed by atoms with Crippen LogP contribution in [0.25, 0.3) is 0 Å². The molecule has 2 heterocycles. The van der Waals surface area contributed by atoms with Crippen molar-refractivity contribution in [1.29, 1.82) is 0 Å². The summed E-state index contributed by atoms with van der Waals surface area (Å²) >= 11 is 6.07. The highest BCUT2D eigenvalue weighted by atomic mass is 35.5. The van der Waals surface area contributed by atoms with Crippen LogP contribution in [0.15, 0.2) is 24.3 Å². The van der Waals surface area contributed by atoms with E-state index in [1.165, 1.54) is 12.0 Å². The fourth-order valence-corrected chi connectivity index (χ4v) is 3.58. The van der Waals surface area contributed by atoms with Crippen LogP contribution < -0.4 is 5.32 Å². The molecule has 1 amide bonds. The van der Waals surface area contributed by atoms with E-state index in [-0.39, 0.29) is 11.9 Å². The average Bonchev–Trinajstić information content (AvgIpc) is 3.09. The van der Waals surface area contributed by atoms with Gasteiger partial charge in [0.25, 0.3) is 0 Å². The van der Waals surface area contributed by atoms with Crippen molar-refractivity contribution < 1.29 is 4.79 Å². The van der Waals surface area contributed by atoms with Crippen molar-refractivity contribution >= 4 is 17.5 Å². The lowest BCUT2D eigenvalue weighted by atomic mass is 10.0. The van der Waals surface area contributed by atoms with Crippen LogP contribution in [0.3, 0.4) is 0 Å². The molecule has 3 rings (SSSR count). The van der Waals surface area contributed by atoms with Gasteiger partial charge in [-0.05, 0) is 49.9 Å². The standard InChI is InChI=1S/C16H21ClN2O/c17-13-5-1-4-12(10-13)15-7-3-9-19(15)16(20)11-14-6-2-8-18-14/h1,4-5,10,14-15,18H,2-3,6-9,11H2. The zero-order chi connectivity index (χ0) is 13.9. The summed E-state index contributed by atoms with van der Waals surface area (Å²) in [5.74, 6) is 0.284. The number of hydrogen-bond acceptors (Lipinski definition) is 2. The number of halogens is 1. The molecular weight excluding hydrogens is 272 g/mol. The van der Waals surface area contributed by atoms with E-state index < -0.39 is 0 Å². The zero-order valence-corrected chi connectivity index (χ0v) is 12.4. The summed E-state index contributed by atoms with van der Waals surface area (Å²) < 4.78 is 0. The maximum absolute atomic E-state index is 12.5. The number of carbonyl (C=O) groups excluding carboxylic acids is 1. The van der Waals surface area contributed by atoms with E-state index in [0.717, 1.165) is 37.4 Å². The second kappa shape index (κ2) is 6.15. The Bertz CT molecular complexity index is 485. The number of nitrogens with zero attached hydrogens (tertiary/aromatic N) is 1. The second-order valence-corrected chi connectivity index (χ2v) is 6.23. The van der Waals surface area contributed by atoms with E-state index in [4.69, 9.17) is 11.6 Å². The second-order valence-electron chi connectivity index (χ2n) is 5.80. The average molecular weight is 293 g/mol. The molecule has 2 aliphatic heterocycles. The molecule has 4 heteroatoms. The Hall–Kier alpha value is -1.06. The molecular formula is C16H21ClN2O. The Labute approximate surface area is 125 Å². The number of rotatable bonds is 3. The van der Waals surface area contributed by atoms with E-state index in [1.54, 1.807) is 0 Å². The highest BCUT2D eigenvalue weighted by molar-refractivity contribution is 6.30. The van der Waals surface area contributed by atoms with Gasteiger partial charge in [-0.25, -0.2) is 0 Å². The van der Waals surface area contributed by atoms with Crippen LogP contribution in [0.5, 0.6) is 0 Å². The fraction of sp³-hybridized carbons (Fsp3) is 0.562. The van der Waals surface area contributed by atoms with Crippen LogP contribution in [0, 0.1) is 0 Å². The quantitative estimate of drug-likeness (QED) is 0.928. The van der Waals surface area contributed by atoms with E-state index in [1.807, 2.05) is 23.1 Å². The number of amides is 1. The minimum Gasteiger partial charge on any atom is -0.336 e. The number of hydrogen-bond donors (Lipinski definition) is 1. The monoisotopic (exact) mass is 292 g/mol. The molecule has 0 bridgehead atoms. The van der Waals surface area contributed by atoms with Crippen molar-refractivity contribution in [3.8, 4) is 0 Å². The van der Waals surface area contributed by atoms with Crippen molar-refractivity contribution in [3.05, 3.63) is 34.9 Å². The Morgan fingerprint density at radius 1 is 1.35 bits per heavy atom. The fourth-order valence-electron chi connectivity index (χ4n) is 3.38. The summed E-state index contributed by atoms with van der Waals surface area (Å²) in [5, 5.41) is 4.16. The minimum atomic E-state index is 0.211. The van der Waals surface area contributed by atoms with Gasteiger partial charge in [0.1, 0.15) is 0 Å². The Kier molecular flexibility index (Phi) is 4.27. The number of carbonyl (C=O) groups is 1. The first-order valence-electron chi connectivity index (χ1n) is 7.52. The maximum atomic E-state index is 12.5. The molecule has 2 aliphatic rings. The molecule has 2 unspecified atom stereocenters. The third-order valence-electron chi connectivity index (χ3n) is 4.39. The first-order chi connectivity index (χ1) is 9.74. The summed E-state index contributed by atoms with van der Waals surface area (Å²) in [4.78, 5) is 14.6. The van der Waals surface area contributed by atoms with Gasteiger partial charge in [-0.2, -0.15) is 0 Å². The molecule has 2 atom stereocenters. The SMILES string of the molecule is O=C(CC1CCCN1)N1CCCC1c1cccc(Cl)c1. The molecule has 0 saturated carbocycles. The third kappa shape index (κ3) is 2.99. The van der Waals surface area contributed by atoms with Gasteiger partial charge in [0.05, 0.1) is 6.04 Å². The first kappa shape index (κ1) is 13.9. The zero-order valence-electron chi connectivity index (χ0n) is 11.6. The predicted molar refractivity (Wildman–Crippen MR) is 80.8 cm³/mol. The first-order valence-corrected chi connectivity index (χ1v) is 7.90. The molecule has 0 aromatic heterocycles. The molecule has 1 aromatic carbocycles. The van der Waals surface area contributed by atoms with Crippen LogP contribution in [-0.2, 0) is 4.79 Å². The maximum Gasteiger partial charge on any atom is 0.224 e. The lowest BCUT2D eigenvalue weighted by Gasteiger charge is -2.26. The van der Waals surface area contributed by atoms with Gasteiger partial charge in [0.15, 0.2) is 0 Å². The molecule has 2 fully saturated rings. The Balaban J connectivity index is 1.70. The molecule has 108 valence electrons. The minimum absolute atomic E-state index is 0.211. The predicted octanol–water partition coefficient (Wildman–Crippen LogP) is 3.15. The highest BCUT2D eigenvalue weighted by Crippen LogP contribution is 2.33. The highest BCUT2D eigenvalue weighted by Gasteiger charge is 2.31. The van der Waals surface area contributed by atoms with Gasteiger partial charge in [0, 0.05) is 24.0 Å². The lowest BCUT2D eigenvalue weighted by Crippen LogP contribution is -2.35. The van der Waals surface area contributed by atoms with E-state index >= 15 is 0 Å².